The van der Waals surface area contributed by atoms with E-state index in [0.717, 1.165) is 39.0 Å². The van der Waals surface area contributed by atoms with Gasteiger partial charge in [0.25, 0.3) is 5.91 Å². The summed E-state index contributed by atoms with van der Waals surface area (Å²) < 4.78 is 11.2. The molecule has 0 radical (unpaired) electrons. The summed E-state index contributed by atoms with van der Waals surface area (Å²) in [5.74, 6) is 0.922. The highest BCUT2D eigenvalue weighted by molar-refractivity contribution is 7.80. The van der Waals surface area contributed by atoms with Crippen LogP contribution in [0.4, 0.5) is 5.69 Å². The van der Waals surface area contributed by atoms with Crippen LogP contribution in [0.2, 0.25) is 0 Å². The third kappa shape index (κ3) is 4.33. The second-order valence-electron chi connectivity index (χ2n) is 7.56. The highest BCUT2D eigenvalue weighted by Gasteiger charge is 2.15. The van der Waals surface area contributed by atoms with Gasteiger partial charge >= 0.3 is 0 Å². The predicted octanol–water partition coefficient (Wildman–Crippen LogP) is 5.56. The fourth-order valence-corrected chi connectivity index (χ4v) is 3.77. The van der Waals surface area contributed by atoms with Crippen molar-refractivity contribution in [2.24, 2.45) is 0 Å². The summed E-state index contributed by atoms with van der Waals surface area (Å²) in [6, 6.07) is 16.6. The molecule has 4 aromatic rings. The first kappa shape index (κ1) is 21.5. The summed E-state index contributed by atoms with van der Waals surface area (Å²) in [6.07, 6.45) is 0. The molecule has 0 aliphatic heterocycles. The van der Waals surface area contributed by atoms with Gasteiger partial charge in [-0.05, 0) is 92.1 Å². The van der Waals surface area contributed by atoms with Crippen LogP contribution in [0.25, 0.3) is 22.6 Å². The number of aryl methyl sites for hydroxylation is 2. The number of fused-ring (bicyclic) bond motifs is 1. The summed E-state index contributed by atoms with van der Waals surface area (Å²) in [6.45, 7) is 6.01. The van der Waals surface area contributed by atoms with Crippen molar-refractivity contribution >= 4 is 40.0 Å². The summed E-state index contributed by atoms with van der Waals surface area (Å²) in [7, 11) is 1.58. The van der Waals surface area contributed by atoms with Crippen LogP contribution in [0.15, 0.2) is 59.0 Å². The second kappa shape index (κ2) is 8.80. The summed E-state index contributed by atoms with van der Waals surface area (Å²) in [5, 5.41) is 6.01. The zero-order chi connectivity index (χ0) is 22.8. The number of ether oxygens (including phenoxy) is 1. The molecule has 0 aliphatic rings. The molecule has 0 aliphatic carbocycles. The minimum Gasteiger partial charge on any atom is -0.497 e. The lowest BCUT2D eigenvalue weighted by Gasteiger charge is -2.13. The van der Waals surface area contributed by atoms with Crippen LogP contribution in [-0.2, 0) is 0 Å². The van der Waals surface area contributed by atoms with Crippen LogP contribution in [0.3, 0.4) is 0 Å². The Morgan fingerprint density at radius 2 is 1.81 bits per heavy atom. The number of thiocarbonyl (C=S) groups is 1. The van der Waals surface area contributed by atoms with Crippen molar-refractivity contribution in [3.8, 4) is 17.2 Å². The Labute approximate surface area is 191 Å². The summed E-state index contributed by atoms with van der Waals surface area (Å²) >= 11 is 5.36. The molecule has 1 aromatic heterocycles. The number of nitrogens with zero attached hydrogens (tertiary/aromatic N) is 1. The van der Waals surface area contributed by atoms with Crippen LogP contribution >= 0.6 is 12.2 Å². The first-order valence-electron chi connectivity index (χ1n) is 10.1. The maximum atomic E-state index is 12.5. The number of carbonyl (C=O) groups excluding carboxylic acids is 1. The zero-order valence-electron chi connectivity index (χ0n) is 18.3. The van der Waals surface area contributed by atoms with Gasteiger partial charge in [0, 0.05) is 16.8 Å². The standard InChI is InChI=1S/C25H23N3O3S/c1-14-12-15(2)22-21(13-14)26-24(31-22)19-6-5-7-20(16(19)3)27-25(32)28-23(29)17-8-10-18(30-4)11-9-17/h5-13H,1-4H3,(H2,27,28,29,32). The normalized spacial score (nSPS) is 10.8. The molecule has 32 heavy (non-hydrogen) atoms. The number of hydrogen-bond acceptors (Lipinski definition) is 5. The molecular formula is C25H23N3O3S. The maximum absolute atomic E-state index is 12.5. The van der Waals surface area contributed by atoms with Gasteiger partial charge in [-0.3, -0.25) is 10.1 Å². The molecule has 0 bridgehead atoms. The Morgan fingerprint density at radius 1 is 1.06 bits per heavy atom. The van der Waals surface area contributed by atoms with E-state index in [-0.39, 0.29) is 11.0 Å². The van der Waals surface area contributed by atoms with E-state index in [0.29, 0.717) is 17.2 Å². The van der Waals surface area contributed by atoms with Gasteiger partial charge in [0.05, 0.1) is 7.11 Å². The van der Waals surface area contributed by atoms with E-state index < -0.39 is 0 Å². The number of rotatable bonds is 4. The number of amides is 1. The molecule has 7 heteroatoms. The Balaban J connectivity index is 1.54. The van der Waals surface area contributed by atoms with Gasteiger partial charge in [0.15, 0.2) is 10.7 Å². The minimum absolute atomic E-state index is 0.204. The third-order valence-corrected chi connectivity index (χ3v) is 5.42. The summed E-state index contributed by atoms with van der Waals surface area (Å²) in [4.78, 5) is 17.2. The molecule has 0 saturated heterocycles. The van der Waals surface area contributed by atoms with Crippen molar-refractivity contribution in [1.82, 2.24) is 10.3 Å². The number of methoxy groups -OCH3 is 1. The lowest BCUT2D eigenvalue weighted by Crippen LogP contribution is -2.34. The lowest BCUT2D eigenvalue weighted by atomic mass is 10.1. The van der Waals surface area contributed by atoms with Crippen LogP contribution in [0.5, 0.6) is 5.75 Å². The van der Waals surface area contributed by atoms with Crippen LogP contribution in [0, 0.1) is 20.8 Å². The number of benzene rings is 3. The maximum Gasteiger partial charge on any atom is 0.257 e. The predicted molar refractivity (Wildman–Crippen MR) is 130 cm³/mol. The molecule has 3 aromatic carbocycles. The third-order valence-electron chi connectivity index (χ3n) is 5.21. The molecule has 0 unspecified atom stereocenters. The smallest absolute Gasteiger partial charge is 0.257 e. The van der Waals surface area contributed by atoms with E-state index >= 15 is 0 Å². The Morgan fingerprint density at radius 3 is 2.53 bits per heavy atom. The van der Waals surface area contributed by atoms with Crippen LogP contribution < -0.4 is 15.4 Å². The number of oxazole rings is 1. The van der Waals surface area contributed by atoms with E-state index in [1.165, 1.54) is 0 Å². The average Bonchev–Trinajstić information content (AvgIpc) is 3.19. The molecule has 0 spiro atoms. The van der Waals surface area contributed by atoms with E-state index in [4.69, 9.17) is 21.4 Å². The van der Waals surface area contributed by atoms with E-state index in [2.05, 4.69) is 21.7 Å². The monoisotopic (exact) mass is 445 g/mol. The van der Waals surface area contributed by atoms with Gasteiger partial charge in [-0.1, -0.05) is 12.1 Å². The van der Waals surface area contributed by atoms with Crippen LogP contribution in [-0.4, -0.2) is 23.1 Å². The van der Waals surface area contributed by atoms with Crippen molar-refractivity contribution in [2.75, 3.05) is 12.4 Å². The van der Waals surface area contributed by atoms with E-state index in [9.17, 15) is 4.79 Å². The van der Waals surface area contributed by atoms with E-state index in [1.54, 1.807) is 31.4 Å². The van der Waals surface area contributed by atoms with Crippen molar-refractivity contribution in [3.63, 3.8) is 0 Å². The fourth-order valence-electron chi connectivity index (χ4n) is 3.57. The van der Waals surface area contributed by atoms with Crippen molar-refractivity contribution in [2.45, 2.75) is 20.8 Å². The van der Waals surface area contributed by atoms with Crippen molar-refractivity contribution < 1.29 is 13.9 Å². The Bertz CT molecular complexity index is 1330. The number of hydrogen-bond donors (Lipinski definition) is 2. The number of carbonyl (C=O) groups is 1. The van der Waals surface area contributed by atoms with Gasteiger partial charge in [-0.2, -0.15) is 0 Å². The number of nitrogens with one attached hydrogen (secondary N) is 2. The van der Waals surface area contributed by atoms with Crippen molar-refractivity contribution in [3.05, 3.63) is 76.9 Å². The fraction of sp³-hybridized carbons (Fsp3) is 0.160. The van der Waals surface area contributed by atoms with Crippen molar-refractivity contribution in [1.29, 1.82) is 0 Å². The summed E-state index contributed by atoms with van der Waals surface area (Å²) in [5.41, 5.74) is 6.81. The van der Waals surface area contributed by atoms with Gasteiger partial charge < -0.3 is 14.5 Å². The molecule has 1 amide bonds. The van der Waals surface area contributed by atoms with Gasteiger partial charge in [-0.15, -0.1) is 0 Å². The number of anilines is 1. The van der Waals surface area contributed by atoms with Gasteiger partial charge in [0.2, 0.25) is 5.89 Å². The lowest BCUT2D eigenvalue weighted by molar-refractivity contribution is 0.0977. The minimum atomic E-state index is -0.302. The Hall–Kier alpha value is -3.71. The number of aromatic nitrogens is 1. The quantitative estimate of drug-likeness (QED) is 0.401. The molecule has 4 rings (SSSR count). The van der Waals surface area contributed by atoms with Gasteiger partial charge in [0.1, 0.15) is 11.3 Å². The molecular weight excluding hydrogens is 422 g/mol. The topological polar surface area (TPSA) is 76.4 Å². The first-order chi connectivity index (χ1) is 15.4. The first-order valence-corrected chi connectivity index (χ1v) is 10.5. The molecule has 162 valence electrons. The largest absolute Gasteiger partial charge is 0.497 e. The average molecular weight is 446 g/mol. The second-order valence-corrected chi connectivity index (χ2v) is 7.97. The molecule has 0 fully saturated rings. The zero-order valence-corrected chi connectivity index (χ0v) is 19.1. The SMILES string of the molecule is COc1ccc(C(=O)NC(=S)Nc2cccc(-c3nc4cc(C)cc(C)c4o3)c2C)cc1. The van der Waals surface area contributed by atoms with Gasteiger partial charge in [-0.25, -0.2) is 4.98 Å². The van der Waals surface area contributed by atoms with Crippen LogP contribution in [0.1, 0.15) is 27.0 Å². The molecule has 0 saturated carbocycles. The molecule has 1 heterocycles. The molecule has 0 atom stereocenters. The Kier molecular flexibility index (Phi) is 5.92. The molecule has 6 nitrogen and oxygen atoms in total. The molecule has 2 N–H and O–H groups in total. The highest BCUT2D eigenvalue weighted by atomic mass is 32.1. The highest BCUT2D eigenvalue weighted by Crippen LogP contribution is 2.32. The van der Waals surface area contributed by atoms with E-state index in [1.807, 2.05) is 45.0 Å².